The van der Waals surface area contributed by atoms with Crippen molar-refractivity contribution in [3.05, 3.63) is 39.7 Å². The molecule has 0 amide bonds. The summed E-state index contributed by atoms with van der Waals surface area (Å²) in [4.78, 5) is 21.9. The zero-order valence-corrected chi connectivity index (χ0v) is 10.3. The first-order valence-corrected chi connectivity index (χ1v) is 5.77. The summed E-state index contributed by atoms with van der Waals surface area (Å²) in [6, 6.07) is 4.98. The molecule has 0 saturated heterocycles. The quantitative estimate of drug-likeness (QED) is 0.776. The standard InChI is InChI=1S/C14H13O4/c1-3-4-11-9(2)14(16)18-13-7-10(17-8-15)5-6-12(11)13/h5-7H,3-4H2,1-2H3. The summed E-state index contributed by atoms with van der Waals surface area (Å²) in [6.45, 7) is 5.16. The van der Waals surface area contributed by atoms with Crippen molar-refractivity contribution in [2.75, 3.05) is 0 Å². The monoisotopic (exact) mass is 245 g/mol. The Balaban J connectivity index is 2.70. The summed E-state index contributed by atoms with van der Waals surface area (Å²) < 4.78 is 9.82. The van der Waals surface area contributed by atoms with Crippen LogP contribution in [-0.4, -0.2) is 6.47 Å². The summed E-state index contributed by atoms with van der Waals surface area (Å²) >= 11 is 0. The molecule has 2 rings (SSSR count). The van der Waals surface area contributed by atoms with E-state index in [1.54, 1.807) is 19.1 Å². The van der Waals surface area contributed by atoms with Crippen molar-refractivity contribution in [2.45, 2.75) is 26.7 Å². The van der Waals surface area contributed by atoms with Gasteiger partial charge in [-0.05, 0) is 31.0 Å². The molecule has 0 saturated carbocycles. The van der Waals surface area contributed by atoms with Crippen molar-refractivity contribution in [3.8, 4) is 5.75 Å². The molecule has 0 spiro atoms. The molecule has 0 aliphatic heterocycles. The SMILES string of the molecule is CCCc1c(C)c(=O)oc2cc(O[C]=O)ccc12. The van der Waals surface area contributed by atoms with Crippen LogP contribution in [0, 0.1) is 6.92 Å². The molecule has 0 aliphatic carbocycles. The van der Waals surface area contributed by atoms with Crippen LogP contribution in [0.3, 0.4) is 0 Å². The highest BCUT2D eigenvalue weighted by Gasteiger charge is 2.11. The molecule has 0 bridgehead atoms. The van der Waals surface area contributed by atoms with Gasteiger partial charge in [0.25, 0.3) is 0 Å². The number of hydrogen-bond acceptors (Lipinski definition) is 4. The van der Waals surface area contributed by atoms with E-state index in [1.165, 1.54) is 12.5 Å². The van der Waals surface area contributed by atoms with Crippen LogP contribution in [0.25, 0.3) is 11.0 Å². The van der Waals surface area contributed by atoms with Crippen molar-refractivity contribution < 1.29 is 13.9 Å². The van der Waals surface area contributed by atoms with Gasteiger partial charge in [0.1, 0.15) is 11.3 Å². The minimum absolute atomic E-state index is 0.312. The van der Waals surface area contributed by atoms with Gasteiger partial charge in [0.15, 0.2) is 0 Å². The Morgan fingerprint density at radius 3 is 2.83 bits per heavy atom. The lowest BCUT2D eigenvalue weighted by atomic mass is 10.0. The van der Waals surface area contributed by atoms with E-state index in [0.717, 1.165) is 23.8 Å². The zero-order valence-electron chi connectivity index (χ0n) is 10.3. The molecule has 0 aliphatic rings. The van der Waals surface area contributed by atoms with Crippen molar-refractivity contribution in [1.29, 1.82) is 0 Å². The molecule has 0 N–H and O–H groups in total. The number of hydrogen-bond donors (Lipinski definition) is 0. The summed E-state index contributed by atoms with van der Waals surface area (Å²) in [5, 5.41) is 0.882. The summed E-state index contributed by atoms with van der Waals surface area (Å²) in [5.41, 5.74) is 1.71. The van der Waals surface area contributed by atoms with E-state index in [-0.39, 0.29) is 5.63 Å². The Hall–Kier alpha value is -2.10. The average Bonchev–Trinajstić information content (AvgIpc) is 2.35. The van der Waals surface area contributed by atoms with Crippen molar-refractivity contribution >= 4 is 17.4 Å². The van der Waals surface area contributed by atoms with Crippen LogP contribution < -0.4 is 10.4 Å². The molecule has 0 unspecified atom stereocenters. The fourth-order valence-electron chi connectivity index (χ4n) is 2.02. The zero-order chi connectivity index (χ0) is 13.1. The second-order valence-electron chi connectivity index (χ2n) is 4.09. The highest BCUT2D eigenvalue weighted by Crippen LogP contribution is 2.25. The van der Waals surface area contributed by atoms with Gasteiger partial charge in [-0.3, -0.25) is 0 Å². The van der Waals surface area contributed by atoms with Crippen LogP contribution in [0.15, 0.2) is 27.4 Å². The van der Waals surface area contributed by atoms with Gasteiger partial charge in [0, 0.05) is 17.0 Å². The Morgan fingerprint density at radius 1 is 1.39 bits per heavy atom. The first-order valence-electron chi connectivity index (χ1n) is 5.77. The summed E-state index contributed by atoms with van der Waals surface area (Å²) in [6.07, 6.45) is 1.76. The van der Waals surface area contributed by atoms with Gasteiger partial charge >= 0.3 is 12.1 Å². The molecule has 1 aromatic carbocycles. The molecule has 0 atom stereocenters. The molecular formula is C14H13O4. The lowest BCUT2D eigenvalue weighted by Crippen LogP contribution is -2.08. The van der Waals surface area contributed by atoms with Crippen LogP contribution in [0.4, 0.5) is 0 Å². The van der Waals surface area contributed by atoms with Gasteiger partial charge in [-0.1, -0.05) is 13.3 Å². The topological polar surface area (TPSA) is 56.5 Å². The van der Waals surface area contributed by atoms with Crippen molar-refractivity contribution in [2.24, 2.45) is 0 Å². The lowest BCUT2D eigenvalue weighted by molar-refractivity contribution is 0.442. The van der Waals surface area contributed by atoms with E-state index in [4.69, 9.17) is 4.42 Å². The first kappa shape index (κ1) is 12.4. The van der Waals surface area contributed by atoms with Crippen molar-refractivity contribution in [3.63, 3.8) is 0 Å². The third-order valence-corrected chi connectivity index (χ3v) is 2.90. The third kappa shape index (κ3) is 2.14. The molecule has 4 nitrogen and oxygen atoms in total. The van der Waals surface area contributed by atoms with Crippen LogP contribution >= 0.6 is 0 Å². The normalized spacial score (nSPS) is 10.6. The predicted molar refractivity (Wildman–Crippen MR) is 67.5 cm³/mol. The summed E-state index contributed by atoms with van der Waals surface area (Å²) in [5.74, 6) is 0.312. The number of benzene rings is 1. The lowest BCUT2D eigenvalue weighted by Gasteiger charge is -2.08. The van der Waals surface area contributed by atoms with Crippen molar-refractivity contribution in [1.82, 2.24) is 0 Å². The molecule has 4 heteroatoms. The maximum absolute atomic E-state index is 11.7. The molecule has 93 valence electrons. The number of carbonyl (C=O) groups excluding carboxylic acids is 1. The van der Waals surface area contributed by atoms with E-state index < -0.39 is 0 Å². The minimum atomic E-state index is -0.349. The first-order chi connectivity index (χ1) is 8.67. The number of fused-ring (bicyclic) bond motifs is 1. The molecule has 18 heavy (non-hydrogen) atoms. The van der Waals surface area contributed by atoms with Gasteiger partial charge in [0.2, 0.25) is 0 Å². The fraction of sp³-hybridized carbons (Fsp3) is 0.286. The molecule has 1 aromatic heterocycles. The van der Waals surface area contributed by atoms with Crippen LogP contribution in [-0.2, 0) is 11.2 Å². The Bertz CT molecular complexity index is 640. The van der Waals surface area contributed by atoms with E-state index in [0.29, 0.717) is 16.9 Å². The third-order valence-electron chi connectivity index (χ3n) is 2.90. The van der Waals surface area contributed by atoms with E-state index in [9.17, 15) is 9.59 Å². The van der Waals surface area contributed by atoms with Crippen LogP contribution in [0.1, 0.15) is 24.5 Å². The second kappa shape index (κ2) is 5.04. The molecule has 2 aromatic rings. The molecule has 1 radical (unpaired) electrons. The van der Waals surface area contributed by atoms with Gasteiger partial charge in [-0.15, -0.1) is 0 Å². The van der Waals surface area contributed by atoms with Crippen LogP contribution in [0.2, 0.25) is 0 Å². The fourth-order valence-corrected chi connectivity index (χ4v) is 2.02. The van der Waals surface area contributed by atoms with Gasteiger partial charge in [-0.25, -0.2) is 9.59 Å². The largest absolute Gasteiger partial charge is 0.423 e. The summed E-state index contributed by atoms with van der Waals surface area (Å²) in [7, 11) is 0. The molecule has 0 fully saturated rings. The Morgan fingerprint density at radius 2 is 2.17 bits per heavy atom. The smallest absolute Gasteiger partial charge is 0.422 e. The minimum Gasteiger partial charge on any atom is -0.422 e. The second-order valence-corrected chi connectivity index (χ2v) is 4.09. The Labute approximate surface area is 104 Å². The van der Waals surface area contributed by atoms with E-state index in [1.807, 2.05) is 0 Å². The molecule has 1 heterocycles. The van der Waals surface area contributed by atoms with Crippen LogP contribution in [0.5, 0.6) is 5.75 Å². The Kier molecular flexibility index (Phi) is 3.46. The van der Waals surface area contributed by atoms with E-state index >= 15 is 0 Å². The van der Waals surface area contributed by atoms with E-state index in [2.05, 4.69) is 11.7 Å². The number of rotatable bonds is 4. The number of ether oxygens (including phenoxy) is 1. The highest BCUT2D eigenvalue weighted by atomic mass is 16.5. The van der Waals surface area contributed by atoms with Gasteiger partial charge in [0.05, 0.1) is 0 Å². The van der Waals surface area contributed by atoms with Gasteiger partial charge in [-0.2, -0.15) is 0 Å². The maximum atomic E-state index is 11.7. The maximum Gasteiger partial charge on any atom is 0.423 e. The molecular weight excluding hydrogens is 232 g/mol. The average molecular weight is 245 g/mol. The highest BCUT2D eigenvalue weighted by molar-refractivity contribution is 5.82. The van der Waals surface area contributed by atoms with Gasteiger partial charge < -0.3 is 9.15 Å². The predicted octanol–water partition coefficient (Wildman–Crippen LogP) is 2.50. The number of aryl methyl sites for hydroxylation is 1.